The van der Waals surface area contributed by atoms with Crippen molar-refractivity contribution < 1.29 is 5.11 Å². The van der Waals surface area contributed by atoms with E-state index in [0.717, 1.165) is 18.2 Å². The highest BCUT2D eigenvalue weighted by Gasteiger charge is 2.27. The van der Waals surface area contributed by atoms with E-state index in [1.54, 1.807) is 0 Å². The molecule has 0 aromatic carbocycles. The van der Waals surface area contributed by atoms with Crippen molar-refractivity contribution in [2.24, 2.45) is 5.41 Å². The molecule has 2 atom stereocenters. The van der Waals surface area contributed by atoms with Crippen molar-refractivity contribution in [1.82, 2.24) is 4.90 Å². The molecule has 90 valence electrons. The minimum absolute atomic E-state index is 0.0975. The molecule has 1 fully saturated rings. The minimum Gasteiger partial charge on any atom is -0.396 e. The summed E-state index contributed by atoms with van der Waals surface area (Å²) < 4.78 is 0. The van der Waals surface area contributed by atoms with Crippen molar-refractivity contribution in [3.63, 3.8) is 0 Å². The van der Waals surface area contributed by atoms with Crippen LogP contribution in [0.1, 0.15) is 33.6 Å². The van der Waals surface area contributed by atoms with Crippen molar-refractivity contribution in [3.8, 4) is 0 Å². The third-order valence-corrected chi connectivity index (χ3v) is 4.89. The summed E-state index contributed by atoms with van der Waals surface area (Å²) in [5, 5.41) is 10.2. The normalized spacial score (nSPS) is 27.6. The van der Waals surface area contributed by atoms with Crippen LogP contribution in [0.3, 0.4) is 0 Å². The number of rotatable bonds is 5. The monoisotopic (exact) mass is 231 g/mol. The van der Waals surface area contributed by atoms with Crippen LogP contribution in [0.2, 0.25) is 0 Å². The first-order valence-electron chi connectivity index (χ1n) is 6.08. The highest BCUT2D eigenvalue weighted by Crippen LogP contribution is 2.26. The Bertz CT molecular complexity index is 182. The number of thioether (sulfide) groups is 1. The minimum atomic E-state index is 0.0975. The summed E-state index contributed by atoms with van der Waals surface area (Å²) >= 11 is 2.10. The largest absolute Gasteiger partial charge is 0.396 e. The molecule has 3 heteroatoms. The smallest absolute Gasteiger partial charge is 0.0496 e. The Hall–Kier alpha value is 0.270. The van der Waals surface area contributed by atoms with Crippen LogP contribution in [-0.4, -0.2) is 47.3 Å². The van der Waals surface area contributed by atoms with Crippen molar-refractivity contribution >= 4 is 11.8 Å². The van der Waals surface area contributed by atoms with E-state index >= 15 is 0 Å². The van der Waals surface area contributed by atoms with E-state index in [0.29, 0.717) is 6.61 Å². The van der Waals surface area contributed by atoms with Crippen LogP contribution in [0.5, 0.6) is 0 Å². The van der Waals surface area contributed by atoms with Gasteiger partial charge in [-0.1, -0.05) is 20.8 Å². The standard InChI is InChI=1S/C12H25NOS/c1-4-11-8-13(6-7-15-11)9-12(3,5-2)10-14/h11,14H,4-10H2,1-3H3. The zero-order valence-electron chi connectivity index (χ0n) is 10.3. The molecule has 2 nitrogen and oxygen atoms in total. The van der Waals surface area contributed by atoms with Gasteiger partial charge >= 0.3 is 0 Å². The van der Waals surface area contributed by atoms with Crippen LogP contribution in [0.15, 0.2) is 0 Å². The Balaban J connectivity index is 2.43. The van der Waals surface area contributed by atoms with Crippen LogP contribution in [0.25, 0.3) is 0 Å². The zero-order valence-corrected chi connectivity index (χ0v) is 11.1. The fraction of sp³-hybridized carbons (Fsp3) is 1.00. The van der Waals surface area contributed by atoms with Gasteiger partial charge in [-0.2, -0.15) is 11.8 Å². The molecule has 1 rings (SSSR count). The molecule has 0 spiro atoms. The van der Waals surface area contributed by atoms with E-state index in [1.165, 1.54) is 25.3 Å². The molecule has 0 saturated carbocycles. The Morgan fingerprint density at radius 2 is 2.20 bits per heavy atom. The summed E-state index contributed by atoms with van der Waals surface area (Å²) in [6.07, 6.45) is 2.33. The van der Waals surface area contributed by atoms with Gasteiger partial charge in [0, 0.05) is 42.7 Å². The third kappa shape index (κ3) is 3.97. The Labute approximate surface area is 98.4 Å². The molecule has 1 aliphatic heterocycles. The van der Waals surface area contributed by atoms with Crippen LogP contribution < -0.4 is 0 Å². The lowest BCUT2D eigenvalue weighted by Crippen LogP contribution is -2.44. The topological polar surface area (TPSA) is 23.5 Å². The van der Waals surface area contributed by atoms with E-state index in [1.807, 2.05) is 0 Å². The van der Waals surface area contributed by atoms with Gasteiger partial charge in [-0.25, -0.2) is 0 Å². The van der Waals surface area contributed by atoms with E-state index in [-0.39, 0.29) is 5.41 Å². The molecule has 1 N–H and O–H groups in total. The van der Waals surface area contributed by atoms with Gasteiger partial charge in [0.15, 0.2) is 0 Å². The Morgan fingerprint density at radius 3 is 2.73 bits per heavy atom. The molecule has 0 aromatic heterocycles. The van der Waals surface area contributed by atoms with Crippen molar-refractivity contribution in [3.05, 3.63) is 0 Å². The molecular formula is C12H25NOS. The first-order chi connectivity index (χ1) is 7.13. The predicted molar refractivity (Wildman–Crippen MR) is 68.5 cm³/mol. The van der Waals surface area contributed by atoms with Gasteiger partial charge in [0.1, 0.15) is 0 Å². The molecule has 1 heterocycles. The highest BCUT2D eigenvalue weighted by molar-refractivity contribution is 8.00. The second-order valence-corrected chi connectivity index (χ2v) is 6.37. The lowest BCUT2D eigenvalue weighted by Gasteiger charge is -2.38. The summed E-state index contributed by atoms with van der Waals surface area (Å²) in [7, 11) is 0. The highest BCUT2D eigenvalue weighted by atomic mass is 32.2. The number of hydrogen-bond donors (Lipinski definition) is 1. The SMILES string of the molecule is CCC1CN(CC(C)(CC)CO)CCS1. The van der Waals surface area contributed by atoms with E-state index in [4.69, 9.17) is 0 Å². The molecule has 1 saturated heterocycles. The number of aliphatic hydroxyl groups excluding tert-OH is 1. The summed E-state index contributed by atoms with van der Waals surface area (Å²) in [5.41, 5.74) is 0.0975. The summed E-state index contributed by atoms with van der Waals surface area (Å²) in [6.45, 7) is 10.4. The predicted octanol–water partition coefficient (Wildman–Crippen LogP) is 2.22. The van der Waals surface area contributed by atoms with Gasteiger partial charge in [-0.05, 0) is 12.8 Å². The van der Waals surface area contributed by atoms with E-state index in [9.17, 15) is 5.11 Å². The molecular weight excluding hydrogens is 206 g/mol. The van der Waals surface area contributed by atoms with Gasteiger partial charge < -0.3 is 10.0 Å². The quantitative estimate of drug-likeness (QED) is 0.785. The second kappa shape index (κ2) is 6.12. The van der Waals surface area contributed by atoms with Crippen LogP contribution in [-0.2, 0) is 0 Å². The second-order valence-electron chi connectivity index (χ2n) is 4.96. The van der Waals surface area contributed by atoms with E-state index in [2.05, 4.69) is 37.4 Å². The molecule has 2 unspecified atom stereocenters. The fourth-order valence-electron chi connectivity index (χ4n) is 1.98. The Morgan fingerprint density at radius 1 is 1.47 bits per heavy atom. The van der Waals surface area contributed by atoms with Crippen LogP contribution >= 0.6 is 11.8 Å². The first kappa shape index (κ1) is 13.3. The number of hydrogen-bond acceptors (Lipinski definition) is 3. The van der Waals surface area contributed by atoms with Gasteiger partial charge in [0.25, 0.3) is 0 Å². The van der Waals surface area contributed by atoms with Crippen molar-refractivity contribution in [2.75, 3.05) is 32.0 Å². The van der Waals surface area contributed by atoms with Crippen molar-refractivity contribution in [2.45, 2.75) is 38.9 Å². The average Bonchev–Trinajstić information content (AvgIpc) is 2.29. The van der Waals surface area contributed by atoms with Gasteiger partial charge in [0.05, 0.1) is 0 Å². The van der Waals surface area contributed by atoms with Gasteiger partial charge in [-0.3, -0.25) is 0 Å². The maximum Gasteiger partial charge on any atom is 0.0496 e. The molecule has 0 aromatic rings. The molecule has 1 aliphatic rings. The maximum absolute atomic E-state index is 9.41. The number of nitrogens with zero attached hydrogens (tertiary/aromatic N) is 1. The number of aliphatic hydroxyl groups is 1. The zero-order chi connectivity index (χ0) is 11.3. The lowest BCUT2D eigenvalue weighted by atomic mass is 9.88. The average molecular weight is 231 g/mol. The molecule has 0 aliphatic carbocycles. The third-order valence-electron chi connectivity index (χ3n) is 3.52. The molecule has 0 radical (unpaired) electrons. The lowest BCUT2D eigenvalue weighted by molar-refractivity contribution is 0.0859. The van der Waals surface area contributed by atoms with Gasteiger partial charge in [0.2, 0.25) is 0 Å². The summed E-state index contributed by atoms with van der Waals surface area (Å²) in [4.78, 5) is 2.53. The van der Waals surface area contributed by atoms with Crippen LogP contribution in [0, 0.1) is 5.41 Å². The van der Waals surface area contributed by atoms with E-state index < -0.39 is 0 Å². The molecule has 0 bridgehead atoms. The molecule has 0 amide bonds. The van der Waals surface area contributed by atoms with Gasteiger partial charge in [-0.15, -0.1) is 0 Å². The summed E-state index contributed by atoms with van der Waals surface area (Å²) in [6, 6.07) is 0. The fourth-order valence-corrected chi connectivity index (χ4v) is 3.23. The first-order valence-corrected chi connectivity index (χ1v) is 7.13. The maximum atomic E-state index is 9.41. The van der Waals surface area contributed by atoms with Crippen LogP contribution in [0.4, 0.5) is 0 Å². The summed E-state index contributed by atoms with van der Waals surface area (Å²) in [5.74, 6) is 1.25. The Kier molecular flexibility index (Phi) is 5.44. The molecule has 15 heavy (non-hydrogen) atoms. The van der Waals surface area contributed by atoms with Crippen molar-refractivity contribution in [1.29, 1.82) is 0 Å².